The number of pyridine rings is 1. The average molecular weight is 359 g/mol. The number of hydrazine groups is 1. The maximum Gasteiger partial charge on any atom is 0.181 e. The summed E-state index contributed by atoms with van der Waals surface area (Å²) < 4.78 is 1.71. The summed E-state index contributed by atoms with van der Waals surface area (Å²) in [4.78, 5) is 12.9. The van der Waals surface area contributed by atoms with Gasteiger partial charge in [0.2, 0.25) is 0 Å². The Morgan fingerprint density at radius 2 is 2.00 bits per heavy atom. The molecule has 17 heavy (non-hydrogen) atoms. The van der Waals surface area contributed by atoms with Gasteiger partial charge >= 0.3 is 0 Å². The van der Waals surface area contributed by atoms with Gasteiger partial charge in [-0.1, -0.05) is 0 Å². The van der Waals surface area contributed by atoms with Crippen LogP contribution in [0, 0.1) is 6.92 Å². The molecule has 0 spiro atoms. The molecule has 0 unspecified atom stereocenters. The fourth-order valence-corrected chi connectivity index (χ4v) is 2.49. The van der Waals surface area contributed by atoms with Crippen LogP contribution in [0.4, 0.5) is 5.82 Å². The highest BCUT2D eigenvalue weighted by molar-refractivity contribution is 9.11. The Morgan fingerprint density at radius 1 is 1.24 bits per heavy atom. The van der Waals surface area contributed by atoms with Gasteiger partial charge in [0.1, 0.15) is 11.5 Å². The highest BCUT2D eigenvalue weighted by atomic mass is 79.9. The zero-order valence-electron chi connectivity index (χ0n) is 8.91. The maximum absolute atomic E-state index is 5.35. The Balaban J connectivity index is 2.55. The van der Waals surface area contributed by atoms with Crippen LogP contribution in [0.1, 0.15) is 5.69 Å². The minimum absolute atomic E-state index is 0.525. The van der Waals surface area contributed by atoms with Crippen molar-refractivity contribution in [1.29, 1.82) is 0 Å². The van der Waals surface area contributed by atoms with Gasteiger partial charge in [0, 0.05) is 26.9 Å². The lowest BCUT2D eigenvalue weighted by Gasteiger charge is -2.06. The van der Waals surface area contributed by atoms with E-state index in [2.05, 4.69) is 52.2 Å². The molecule has 0 atom stereocenters. The van der Waals surface area contributed by atoms with E-state index in [1.807, 2.05) is 13.0 Å². The van der Waals surface area contributed by atoms with Crippen molar-refractivity contribution in [3.63, 3.8) is 0 Å². The van der Waals surface area contributed by atoms with Crippen molar-refractivity contribution in [1.82, 2.24) is 15.0 Å². The molecule has 0 saturated heterocycles. The van der Waals surface area contributed by atoms with Crippen molar-refractivity contribution in [3.8, 4) is 11.5 Å². The van der Waals surface area contributed by atoms with E-state index in [-0.39, 0.29) is 0 Å². The van der Waals surface area contributed by atoms with Crippen molar-refractivity contribution in [2.24, 2.45) is 5.84 Å². The fraction of sp³-hybridized carbons (Fsp3) is 0.100. The van der Waals surface area contributed by atoms with Crippen molar-refractivity contribution < 1.29 is 0 Å². The molecule has 5 nitrogen and oxygen atoms in total. The van der Waals surface area contributed by atoms with Gasteiger partial charge in [-0.3, -0.25) is 4.98 Å². The van der Waals surface area contributed by atoms with Gasteiger partial charge in [-0.2, -0.15) is 0 Å². The average Bonchev–Trinajstić information content (AvgIpc) is 2.28. The lowest BCUT2D eigenvalue weighted by molar-refractivity contribution is 1.07. The first-order valence-electron chi connectivity index (χ1n) is 4.74. The number of nitrogens with zero attached hydrogens (tertiary/aromatic N) is 3. The van der Waals surface area contributed by atoms with Crippen molar-refractivity contribution in [2.45, 2.75) is 6.92 Å². The SMILES string of the molecule is Cc1cc(NN)nc(-c2ncc(Br)cc2Br)n1. The first kappa shape index (κ1) is 12.4. The number of hydrogen-bond donors (Lipinski definition) is 2. The molecule has 0 aliphatic carbocycles. The molecule has 0 radical (unpaired) electrons. The first-order chi connectivity index (χ1) is 8.10. The number of nitrogen functional groups attached to an aromatic ring is 1. The smallest absolute Gasteiger partial charge is 0.181 e. The van der Waals surface area contributed by atoms with Gasteiger partial charge in [0.05, 0.1) is 0 Å². The van der Waals surface area contributed by atoms with Crippen LogP contribution < -0.4 is 11.3 Å². The Morgan fingerprint density at radius 3 is 2.65 bits per heavy atom. The summed E-state index contributed by atoms with van der Waals surface area (Å²) >= 11 is 6.78. The molecule has 0 amide bonds. The lowest BCUT2D eigenvalue weighted by Crippen LogP contribution is -2.10. The van der Waals surface area contributed by atoms with E-state index in [9.17, 15) is 0 Å². The van der Waals surface area contributed by atoms with E-state index >= 15 is 0 Å². The summed E-state index contributed by atoms with van der Waals surface area (Å²) in [7, 11) is 0. The molecule has 7 heteroatoms. The molecular formula is C10H9Br2N5. The van der Waals surface area contributed by atoms with E-state index in [1.165, 1.54) is 0 Å². The predicted molar refractivity (Wildman–Crippen MR) is 73.2 cm³/mol. The Hall–Kier alpha value is -1.05. The second-order valence-electron chi connectivity index (χ2n) is 3.35. The number of aryl methyl sites for hydroxylation is 1. The summed E-state index contributed by atoms with van der Waals surface area (Å²) in [6.07, 6.45) is 1.70. The van der Waals surface area contributed by atoms with Crippen LogP contribution in [-0.2, 0) is 0 Å². The number of rotatable bonds is 2. The Kier molecular flexibility index (Phi) is 3.70. The zero-order chi connectivity index (χ0) is 12.4. The number of anilines is 1. The van der Waals surface area contributed by atoms with Crippen LogP contribution in [0.25, 0.3) is 11.5 Å². The lowest BCUT2D eigenvalue weighted by atomic mass is 10.3. The van der Waals surface area contributed by atoms with E-state index < -0.39 is 0 Å². The molecular weight excluding hydrogens is 350 g/mol. The summed E-state index contributed by atoms with van der Waals surface area (Å²) in [6.45, 7) is 1.87. The normalized spacial score (nSPS) is 10.4. The topological polar surface area (TPSA) is 76.7 Å². The third kappa shape index (κ3) is 2.80. The van der Waals surface area contributed by atoms with Gasteiger partial charge in [-0.05, 0) is 44.8 Å². The second-order valence-corrected chi connectivity index (χ2v) is 5.12. The number of hydrogen-bond acceptors (Lipinski definition) is 5. The third-order valence-corrected chi connectivity index (χ3v) is 3.06. The van der Waals surface area contributed by atoms with Crippen LogP contribution in [-0.4, -0.2) is 15.0 Å². The molecule has 2 rings (SSSR count). The molecule has 0 fully saturated rings. The largest absolute Gasteiger partial charge is 0.308 e. The second kappa shape index (κ2) is 5.07. The number of aromatic nitrogens is 3. The summed E-state index contributed by atoms with van der Waals surface area (Å²) in [6, 6.07) is 3.65. The highest BCUT2D eigenvalue weighted by Gasteiger charge is 2.10. The van der Waals surface area contributed by atoms with Gasteiger partial charge < -0.3 is 5.43 Å². The standard InChI is InChI=1S/C10H9Br2N5/c1-5-2-8(17-13)16-10(15-5)9-7(12)3-6(11)4-14-9/h2-4H,13H2,1H3,(H,15,16,17). The number of nitrogens with one attached hydrogen (secondary N) is 1. The Labute approximate surface area is 115 Å². The molecule has 2 aromatic rings. The summed E-state index contributed by atoms with van der Waals surface area (Å²) in [5.74, 6) is 6.43. The molecule has 0 aliphatic heterocycles. The zero-order valence-corrected chi connectivity index (χ0v) is 12.1. The molecule has 0 bridgehead atoms. The number of halogens is 2. The quantitative estimate of drug-likeness (QED) is 0.637. The Bertz CT molecular complexity index is 558. The van der Waals surface area contributed by atoms with Crippen molar-refractivity contribution in [3.05, 3.63) is 33.0 Å². The predicted octanol–water partition coefficient (Wildman–Crippen LogP) is 2.66. The highest BCUT2D eigenvalue weighted by Crippen LogP contribution is 2.26. The minimum Gasteiger partial charge on any atom is -0.308 e. The van der Waals surface area contributed by atoms with Crippen LogP contribution in [0.15, 0.2) is 27.3 Å². The van der Waals surface area contributed by atoms with Gasteiger partial charge in [-0.25, -0.2) is 15.8 Å². The molecule has 3 N–H and O–H groups in total. The fourth-order valence-electron chi connectivity index (χ4n) is 1.33. The molecule has 0 aromatic carbocycles. The van der Waals surface area contributed by atoms with Crippen LogP contribution in [0.3, 0.4) is 0 Å². The van der Waals surface area contributed by atoms with Crippen LogP contribution in [0.5, 0.6) is 0 Å². The van der Waals surface area contributed by atoms with Crippen LogP contribution in [0.2, 0.25) is 0 Å². The minimum atomic E-state index is 0.525. The maximum atomic E-state index is 5.35. The molecule has 0 aliphatic rings. The molecule has 0 saturated carbocycles. The van der Waals surface area contributed by atoms with Gasteiger partial charge in [0.15, 0.2) is 5.82 Å². The molecule has 2 heterocycles. The van der Waals surface area contributed by atoms with Gasteiger partial charge in [-0.15, -0.1) is 0 Å². The van der Waals surface area contributed by atoms with Crippen molar-refractivity contribution in [2.75, 3.05) is 5.43 Å². The number of nitrogens with two attached hydrogens (primary N) is 1. The van der Waals surface area contributed by atoms with E-state index in [1.54, 1.807) is 12.3 Å². The van der Waals surface area contributed by atoms with E-state index in [4.69, 9.17) is 5.84 Å². The van der Waals surface area contributed by atoms with E-state index in [0.29, 0.717) is 17.3 Å². The summed E-state index contributed by atoms with van der Waals surface area (Å²) in [5.41, 5.74) is 4.00. The van der Waals surface area contributed by atoms with Crippen LogP contribution >= 0.6 is 31.9 Å². The third-order valence-electron chi connectivity index (χ3n) is 2.02. The van der Waals surface area contributed by atoms with Crippen molar-refractivity contribution >= 4 is 37.7 Å². The summed E-state index contributed by atoms with van der Waals surface area (Å²) in [5, 5.41) is 0. The molecule has 88 valence electrons. The van der Waals surface area contributed by atoms with E-state index in [0.717, 1.165) is 14.6 Å². The molecule has 2 aromatic heterocycles. The monoisotopic (exact) mass is 357 g/mol. The first-order valence-corrected chi connectivity index (χ1v) is 6.32. The van der Waals surface area contributed by atoms with Gasteiger partial charge in [0.25, 0.3) is 0 Å².